The Balaban J connectivity index is 0. The summed E-state index contributed by atoms with van der Waals surface area (Å²) in [5.41, 5.74) is 6.57. The van der Waals surface area contributed by atoms with Gasteiger partial charge in [0.25, 0.3) is 0 Å². The minimum Gasteiger partial charge on any atom is -0.550 e. The molecule has 0 heterocycles. The highest BCUT2D eigenvalue weighted by atomic mass is 35.5. The Morgan fingerprint density at radius 2 is 1.71 bits per heavy atom. The first kappa shape index (κ1) is 28.2. The van der Waals surface area contributed by atoms with Crippen LogP contribution >= 0.6 is 12.4 Å². The summed E-state index contributed by atoms with van der Waals surface area (Å²) in [7, 11) is 5.66. The summed E-state index contributed by atoms with van der Waals surface area (Å²) in [4.78, 5) is 32.2. The first-order valence-corrected chi connectivity index (χ1v) is 8.67. The van der Waals surface area contributed by atoms with Crippen molar-refractivity contribution in [2.75, 3.05) is 27.7 Å². The number of carboxylic acid groups (broad SMARTS) is 1. The number of carboxylic acids is 1. The van der Waals surface area contributed by atoms with E-state index in [2.05, 4.69) is 4.74 Å². The molecule has 0 aromatic heterocycles. The SMILES string of the molecule is CCC(=O)OC(=O)[C@@H](N)Cc1ccccc1.C[N+](C)(C)C[C@H](O)CC(=O)[O-].Cl. The molecule has 9 heteroatoms. The molecule has 0 saturated carbocycles. The number of nitrogens with two attached hydrogens (primary N) is 1. The smallest absolute Gasteiger partial charge is 0.330 e. The lowest BCUT2D eigenvalue weighted by Crippen LogP contribution is -2.43. The monoisotopic (exact) mass is 418 g/mol. The number of rotatable bonds is 8. The molecule has 0 saturated heterocycles. The number of nitrogens with zero attached hydrogens (tertiary/aromatic N) is 1. The van der Waals surface area contributed by atoms with E-state index in [1.807, 2.05) is 51.5 Å². The average molecular weight is 419 g/mol. The molecule has 0 radical (unpaired) electrons. The lowest BCUT2D eigenvalue weighted by atomic mass is 10.1. The van der Waals surface area contributed by atoms with Crippen LogP contribution in [0.1, 0.15) is 25.3 Å². The van der Waals surface area contributed by atoms with Gasteiger partial charge in [0.2, 0.25) is 0 Å². The van der Waals surface area contributed by atoms with Crippen molar-refractivity contribution in [1.29, 1.82) is 0 Å². The van der Waals surface area contributed by atoms with Crippen LogP contribution in [-0.4, -0.2) is 67.3 Å². The molecule has 2 atom stereocenters. The van der Waals surface area contributed by atoms with Crippen molar-refractivity contribution in [3.63, 3.8) is 0 Å². The fraction of sp³-hybridized carbons (Fsp3) is 0.526. The highest BCUT2D eigenvalue weighted by Crippen LogP contribution is 2.03. The molecular weight excluding hydrogens is 388 g/mol. The largest absolute Gasteiger partial charge is 0.550 e. The Morgan fingerprint density at radius 3 is 2.14 bits per heavy atom. The summed E-state index contributed by atoms with van der Waals surface area (Å²) in [6.45, 7) is 2.05. The minimum atomic E-state index is -1.20. The van der Waals surface area contributed by atoms with E-state index in [0.29, 0.717) is 17.4 Å². The van der Waals surface area contributed by atoms with Crippen molar-refractivity contribution < 1.29 is 33.8 Å². The van der Waals surface area contributed by atoms with Crippen molar-refractivity contribution in [1.82, 2.24) is 0 Å². The summed E-state index contributed by atoms with van der Waals surface area (Å²) >= 11 is 0. The van der Waals surface area contributed by atoms with Gasteiger partial charge in [0.1, 0.15) is 18.7 Å². The number of aliphatic hydroxyl groups is 1. The number of benzene rings is 1. The van der Waals surface area contributed by atoms with E-state index >= 15 is 0 Å². The zero-order chi connectivity index (χ0) is 21.0. The number of quaternary nitrogens is 1. The third kappa shape index (κ3) is 15.1. The fourth-order valence-electron chi connectivity index (χ4n) is 2.10. The molecule has 0 aliphatic rings. The van der Waals surface area contributed by atoms with Crippen LogP contribution in [0.2, 0.25) is 0 Å². The quantitative estimate of drug-likeness (QED) is 0.335. The Hall–Kier alpha value is -2.00. The van der Waals surface area contributed by atoms with Gasteiger partial charge in [-0.05, 0) is 12.0 Å². The molecule has 0 amide bonds. The normalized spacial score (nSPS) is 12.5. The lowest BCUT2D eigenvalue weighted by molar-refractivity contribution is -0.873. The molecule has 0 fully saturated rings. The van der Waals surface area contributed by atoms with Gasteiger partial charge in [-0.3, -0.25) is 4.79 Å². The van der Waals surface area contributed by atoms with Gasteiger partial charge in [-0.15, -0.1) is 12.4 Å². The molecular formula is C19H31ClN2O6. The van der Waals surface area contributed by atoms with E-state index in [1.54, 1.807) is 6.92 Å². The number of carbonyl (C=O) groups is 3. The minimum absolute atomic E-state index is 0. The van der Waals surface area contributed by atoms with Crippen LogP contribution in [0.15, 0.2) is 30.3 Å². The van der Waals surface area contributed by atoms with Crippen molar-refractivity contribution in [2.24, 2.45) is 5.73 Å². The molecule has 8 nitrogen and oxygen atoms in total. The van der Waals surface area contributed by atoms with E-state index in [1.165, 1.54) is 0 Å². The highest BCUT2D eigenvalue weighted by Gasteiger charge is 2.18. The van der Waals surface area contributed by atoms with Gasteiger partial charge in [-0.25, -0.2) is 4.79 Å². The maximum Gasteiger partial charge on any atom is 0.330 e. The zero-order valence-corrected chi connectivity index (χ0v) is 17.6. The first-order chi connectivity index (χ1) is 12.4. The third-order valence-corrected chi connectivity index (χ3v) is 3.27. The van der Waals surface area contributed by atoms with Gasteiger partial charge in [0, 0.05) is 18.8 Å². The van der Waals surface area contributed by atoms with Crippen molar-refractivity contribution >= 4 is 30.3 Å². The Labute approximate surface area is 172 Å². The third-order valence-electron chi connectivity index (χ3n) is 3.27. The van der Waals surface area contributed by atoms with Gasteiger partial charge in [0.05, 0.1) is 21.1 Å². The van der Waals surface area contributed by atoms with Crippen LogP contribution in [0, 0.1) is 0 Å². The van der Waals surface area contributed by atoms with Crippen LogP contribution in [-0.2, 0) is 25.5 Å². The number of halogens is 1. The molecule has 1 aromatic rings. The highest BCUT2D eigenvalue weighted by molar-refractivity contribution is 5.88. The van der Waals surface area contributed by atoms with Gasteiger partial charge in [-0.1, -0.05) is 37.3 Å². The number of hydrogen-bond donors (Lipinski definition) is 2. The van der Waals surface area contributed by atoms with Crippen LogP contribution < -0.4 is 10.8 Å². The van der Waals surface area contributed by atoms with Crippen LogP contribution in [0.5, 0.6) is 0 Å². The van der Waals surface area contributed by atoms with Crippen molar-refractivity contribution in [3.05, 3.63) is 35.9 Å². The van der Waals surface area contributed by atoms with E-state index in [9.17, 15) is 19.5 Å². The summed E-state index contributed by atoms with van der Waals surface area (Å²) in [5, 5.41) is 19.1. The zero-order valence-electron chi connectivity index (χ0n) is 16.8. The van der Waals surface area contributed by atoms with Gasteiger partial charge in [0.15, 0.2) is 0 Å². The first-order valence-electron chi connectivity index (χ1n) is 8.67. The number of aliphatic hydroxyl groups excluding tert-OH is 1. The Morgan fingerprint density at radius 1 is 1.18 bits per heavy atom. The van der Waals surface area contributed by atoms with Crippen LogP contribution in [0.3, 0.4) is 0 Å². The molecule has 0 aliphatic carbocycles. The number of carbonyl (C=O) groups excluding carboxylic acids is 3. The number of esters is 2. The lowest BCUT2D eigenvalue weighted by Gasteiger charge is -2.26. The summed E-state index contributed by atoms with van der Waals surface area (Å²) < 4.78 is 5.08. The second-order valence-electron chi connectivity index (χ2n) is 7.15. The Kier molecular flexibility index (Phi) is 14.2. The molecule has 3 N–H and O–H groups in total. The summed E-state index contributed by atoms with van der Waals surface area (Å²) in [6.07, 6.45) is -0.546. The molecule has 0 unspecified atom stereocenters. The molecule has 1 rings (SSSR count). The van der Waals surface area contributed by atoms with Crippen molar-refractivity contribution in [3.8, 4) is 0 Å². The maximum atomic E-state index is 11.3. The van der Waals surface area contributed by atoms with Gasteiger partial charge in [-0.2, -0.15) is 0 Å². The van der Waals surface area contributed by atoms with E-state index in [0.717, 1.165) is 5.56 Å². The van der Waals surface area contributed by atoms with Crippen molar-refractivity contribution in [2.45, 2.75) is 38.3 Å². The van der Waals surface area contributed by atoms with Crippen LogP contribution in [0.25, 0.3) is 0 Å². The second kappa shape index (κ2) is 14.1. The molecule has 0 spiro atoms. The molecule has 0 bridgehead atoms. The van der Waals surface area contributed by atoms with E-state index < -0.39 is 30.1 Å². The number of ether oxygens (including phenoxy) is 1. The summed E-state index contributed by atoms with van der Waals surface area (Å²) in [6, 6.07) is 8.56. The number of likely N-dealkylation sites (N-methyl/N-ethyl adjacent to an activating group) is 1. The molecule has 160 valence electrons. The second-order valence-corrected chi connectivity index (χ2v) is 7.15. The van der Waals surface area contributed by atoms with E-state index in [4.69, 9.17) is 10.8 Å². The summed E-state index contributed by atoms with van der Waals surface area (Å²) in [5.74, 6) is -2.42. The average Bonchev–Trinajstić information content (AvgIpc) is 2.53. The fourth-order valence-corrected chi connectivity index (χ4v) is 2.10. The molecule has 0 aliphatic heterocycles. The predicted molar refractivity (Wildman–Crippen MR) is 105 cm³/mol. The Bertz CT molecular complexity index is 604. The number of aliphatic carboxylic acids is 1. The van der Waals surface area contributed by atoms with Crippen LogP contribution in [0.4, 0.5) is 0 Å². The topological polar surface area (TPSA) is 130 Å². The standard InChI is InChI=1S/C12H15NO3.C7H15NO3.ClH/c1-2-11(14)16-12(15)10(13)8-9-6-4-3-5-7-9;1-8(2,3)5-6(9)4-7(10)11;/h3-7,10H,2,8,13H2,1H3;6,9H,4-5H2,1-3H3;1H/t10-;6-;/m01./s1. The maximum absolute atomic E-state index is 11.3. The predicted octanol–water partition coefficient (Wildman–Crippen LogP) is -0.348. The molecule has 28 heavy (non-hydrogen) atoms. The van der Waals surface area contributed by atoms with E-state index in [-0.39, 0.29) is 25.2 Å². The number of hydrogen-bond acceptors (Lipinski definition) is 7. The van der Waals surface area contributed by atoms with Gasteiger partial charge < -0.3 is 30.0 Å². The van der Waals surface area contributed by atoms with Gasteiger partial charge >= 0.3 is 11.9 Å². The molecule has 1 aromatic carbocycles.